The maximum absolute atomic E-state index is 12.8. The lowest BCUT2D eigenvalue weighted by molar-refractivity contribution is -0.384. The van der Waals surface area contributed by atoms with E-state index in [4.69, 9.17) is 9.47 Å². The number of nitrogens with zero attached hydrogens (tertiary/aromatic N) is 2. The Balaban J connectivity index is 1.94. The highest BCUT2D eigenvalue weighted by molar-refractivity contribution is 7.92. The standard InChI is InChI=1S/C18H18N2O6S/c1-25-17-9-12-7-8-19-16(15(12)10-18(17)26-2)11-27(23,24)14-5-3-13(4-6-14)20(21)22/h3-6,9-10H,7-8,11H2,1-2H3. The van der Waals surface area contributed by atoms with Crippen LogP contribution in [0.25, 0.3) is 0 Å². The fraction of sp³-hybridized carbons (Fsp3) is 0.278. The minimum absolute atomic E-state index is 0.0170. The van der Waals surface area contributed by atoms with E-state index in [1.165, 1.54) is 31.4 Å². The molecule has 0 radical (unpaired) electrons. The van der Waals surface area contributed by atoms with E-state index in [2.05, 4.69) is 4.99 Å². The van der Waals surface area contributed by atoms with Crippen molar-refractivity contribution in [3.63, 3.8) is 0 Å². The van der Waals surface area contributed by atoms with Gasteiger partial charge in [-0.2, -0.15) is 0 Å². The lowest BCUT2D eigenvalue weighted by atomic mass is 9.97. The molecule has 0 atom stereocenters. The van der Waals surface area contributed by atoms with Gasteiger partial charge in [0.15, 0.2) is 21.3 Å². The number of rotatable bonds is 6. The maximum Gasteiger partial charge on any atom is 0.269 e. The SMILES string of the molecule is COc1cc2c(cc1OC)C(CS(=O)(=O)c1ccc([N+](=O)[O-])cc1)=NCC2. The molecule has 0 saturated heterocycles. The van der Waals surface area contributed by atoms with Crippen molar-refractivity contribution >= 4 is 21.2 Å². The molecule has 0 aliphatic carbocycles. The first-order valence-electron chi connectivity index (χ1n) is 8.11. The van der Waals surface area contributed by atoms with Gasteiger partial charge in [0.05, 0.1) is 35.5 Å². The molecule has 27 heavy (non-hydrogen) atoms. The van der Waals surface area contributed by atoms with E-state index in [9.17, 15) is 18.5 Å². The van der Waals surface area contributed by atoms with Crippen LogP contribution in [0.3, 0.4) is 0 Å². The van der Waals surface area contributed by atoms with Crippen molar-refractivity contribution < 1.29 is 22.8 Å². The molecule has 142 valence electrons. The van der Waals surface area contributed by atoms with Gasteiger partial charge in [-0.1, -0.05) is 0 Å². The number of sulfone groups is 1. The van der Waals surface area contributed by atoms with Gasteiger partial charge in [0.25, 0.3) is 5.69 Å². The molecule has 0 fully saturated rings. The van der Waals surface area contributed by atoms with Crippen LogP contribution in [-0.2, 0) is 16.3 Å². The quantitative estimate of drug-likeness (QED) is 0.554. The molecule has 0 saturated carbocycles. The molecule has 0 bridgehead atoms. The number of methoxy groups -OCH3 is 2. The molecule has 8 nitrogen and oxygen atoms in total. The third-order valence-corrected chi connectivity index (χ3v) is 5.98. The van der Waals surface area contributed by atoms with Crippen LogP contribution in [0.4, 0.5) is 5.69 Å². The molecule has 3 rings (SSSR count). The Morgan fingerprint density at radius 2 is 1.74 bits per heavy atom. The second-order valence-corrected chi connectivity index (χ2v) is 7.94. The Bertz CT molecular complexity index is 1010. The van der Waals surface area contributed by atoms with Gasteiger partial charge in [-0.15, -0.1) is 0 Å². The predicted molar refractivity (Wildman–Crippen MR) is 99.8 cm³/mol. The maximum atomic E-state index is 12.8. The summed E-state index contributed by atoms with van der Waals surface area (Å²) in [6.45, 7) is 0.480. The zero-order chi connectivity index (χ0) is 19.6. The summed E-state index contributed by atoms with van der Waals surface area (Å²) < 4.78 is 36.1. The van der Waals surface area contributed by atoms with Gasteiger partial charge in [0.1, 0.15) is 0 Å². The van der Waals surface area contributed by atoms with Crippen molar-refractivity contribution in [3.05, 3.63) is 57.6 Å². The highest BCUT2D eigenvalue weighted by Crippen LogP contribution is 2.33. The van der Waals surface area contributed by atoms with Crippen molar-refractivity contribution in [1.29, 1.82) is 0 Å². The van der Waals surface area contributed by atoms with Crippen LogP contribution >= 0.6 is 0 Å². The lowest BCUT2D eigenvalue weighted by Gasteiger charge is -2.19. The topological polar surface area (TPSA) is 108 Å². The number of nitro benzene ring substituents is 1. The largest absolute Gasteiger partial charge is 0.493 e. The number of non-ortho nitro benzene ring substituents is 1. The van der Waals surface area contributed by atoms with E-state index < -0.39 is 14.8 Å². The number of nitro groups is 1. The van der Waals surface area contributed by atoms with Crippen LogP contribution in [0.2, 0.25) is 0 Å². The molecule has 0 unspecified atom stereocenters. The third-order valence-electron chi connectivity index (χ3n) is 4.34. The van der Waals surface area contributed by atoms with Crippen LogP contribution in [0, 0.1) is 10.1 Å². The van der Waals surface area contributed by atoms with Crippen molar-refractivity contribution in [2.45, 2.75) is 11.3 Å². The molecule has 0 N–H and O–H groups in total. The lowest BCUT2D eigenvalue weighted by Crippen LogP contribution is -2.22. The van der Waals surface area contributed by atoms with Crippen LogP contribution in [-0.4, -0.2) is 45.6 Å². The first-order valence-corrected chi connectivity index (χ1v) is 9.76. The van der Waals surface area contributed by atoms with Crippen LogP contribution in [0.1, 0.15) is 11.1 Å². The van der Waals surface area contributed by atoms with Crippen molar-refractivity contribution in [2.75, 3.05) is 26.5 Å². The normalized spacial score (nSPS) is 13.5. The smallest absolute Gasteiger partial charge is 0.269 e. The Morgan fingerprint density at radius 1 is 1.11 bits per heavy atom. The van der Waals surface area contributed by atoms with Crippen molar-refractivity contribution in [1.82, 2.24) is 0 Å². The first kappa shape index (κ1) is 18.8. The van der Waals surface area contributed by atoms with E-state index in [0.29, 0.717) is 35.7 Å². The van der Waals surface area contributed by atoms with Gasteiger partial charge >= 0.3 is 0 Å². The molecular weight excluding hydrogens is 372 g/mol. The summed E-state index contributed by atoms with van der Waals surface area (Å²) in [6.07, 6.45) is 0.677. The predicted octanol–water partition coefficient (Wildman–Crippen LogP) is 2.43. The fourth-order valence-corrected chi connectivity index (χ4v) is 4.28. The number of benzene rings is 2. The number of ether oxygens (including phenoxy) is 2. The van der Waals surface area contributed by atoms with E-state index in [1.807, 2.05) is 6.07 Å². The van der Waals surface area contributed by atoms with Gasteiger partial charge < -0.3 is 9.47 Å². The highest BCUT2D eigenvalue weighted by Gasteiger charge is 2.24. The van der Waals surface area contributed by atoms with Crippen LogP contribution in [0.15, 0.2) is 46.3 Å². The Hall–Kier alpha value is -2.94. The Kier molecular flexibility index (Phi) is 5.13. The molecule has 2 aromatic carbocycles. The second-order valence-electron chi connectivity index (χ2n) is 5.95. The first-order chi connectivity index (χ1) is 12.9. The number of hydrogen-bond acceptors (Lipinski definition) is 7. The van der Waals surface area contributed by atoms with Gasteiger partial charge in [0, 0.05) is 24.2 Å². The van der Waals surface area contributed by atoms with E-state index in [1.54, 1.807) is 13.2 Å². The van der Waals surface area contributed by atoms with E-state index in [-0.39, 0.29) is 16.3 Å². The molecular formula is C18H18N2O6S. The zero-order valence-corrected chi connectivity index (χ0v) is 15.7. The Morgan fingerprint density at radius 3 is 2.33 bits per heavy atom. The molecule has 2 aromatic rings. The summed E-state index contributed by atoms with van der Waals surface area (Å²) in [5, 5.41) is 10.7. The summed E-state index contributed by atoms with van der Waals surface area (Å²) in [6, 6.07) is 8.41. The van der Waals surface area contributed by atoms with E-state index in [0.717, 1.165) is 5.56 Å². The molecule has 1 heterocycles. The summed E-state index contributed by atoms with van der Waals surface area (Å²) >= 11 is 0. The molecule has 0 amide bonds. The number of aliphatic imine (C=N–C) groups is 1. The Labute approximate surface area is 156 Å². The molecule has 0 aromatic heterocycles. The average Bonchev–Trinajstić information content (AvgIpc) is 2.67. The number of hydrogen-bond donors (Lipinski definition) is 0. The molecule has 0 spiro atoms. The fourth-order valence-electron chi connectivity index (χ4n) is 2.95. The van der Waals surface area contributed by atoms with Gasteiger partial charge in [-0.05, 0) is 36.2 Å². The summed E-state index contributed by atoms with van der Waals surface area (Å²) in [7, 11) is -0.652. The average molecular weight is 390 g/mol. The summed E-state index contributed by atoms with van der Waals surface area (Å²) in [4.78, 5) is 14.6. The summed E-state index contributed by atoms with van der Waals surface area (Å²) in [5.74, 6) is 0.780. The van der Waals surface area contributed by atoms with Gasteiger partial charge in [-0.25, -0.2) is 8.42 Å². The monoisotopic (exact) mass is 390 g/mol. The minimum Gasteiger partial charge on any atom is -0.493 e. The van der Waals surface area contributed by atoms with Gasteiger partial charge in [0.2, 0.25) is 0 Å². The molecule has 1 aliphatic heterocycles. The third kappa shape index (κ3) is 3.77. The van der Waals surface area contributed by atoms with Crippen molar-refractivity contribution in [3.8, 4) is 11.5 Å². The van der Waals surface area contributed by atoms with Gasteiger partial charge in [-0.3, -0.25) is 15.1 Å². The molecule has 9 heteroatoms. The summed E-state index contributed by atoms with van der Waals surface area (Å²) in [5.41, 5.74) is 1.93. The number of fused-ring (bicyclic) bond motifs is 1. The highest BCUT2D eigenvalue weighted by atomic mass is 32.2. The second kappa shape index (κ2) is 7.36. The zero-order valence-electron chi connectivity index (χ0n) is 14.8. The minimum atomic E-state index is -3.71. The van der Waals surface area contributed by atoms with Crippen molar-refractivity contribution in [2.24, 2.45) is 4.99 Å². The van der Waals surface area contributed by atoms with E-state index >= 15 is 0 Å². The van der Waals surface area contributed by atoms with Crippen LogP contribution in [0.5, 0.6) is 11.5 Å². The molecule has 1 aliphatic rings. The van der Waals surface area contributed by atoms with Crippen LogP contribution < -0.4 is 9.47 Å².